The van der Waals surface area contributed by atoms with Gasteiger partial charge in [0.25, 0.3) is 0 Å². The molecule has 8 heteroatoms. The Kier molecular flexibility index (Phi) is 3.81. The van der Waals surface area contributed by atoms with Gasteiger partial charge in [0.1, 0.15) is 12.1 Å². The lowest BCUT2D eigenvalue weighted by Gasteiger charge is -2.23. The van der Waals surface area contributed by atoms with E-state index >= 15 is 0 Å². The van der Waals surface area contributed by atoms with E-state index in [0.29, 0.717) is 16.9 Å². The number of aromatic nitrogens is 4. The SMILES string of the molecule is Fc1cccc(Nc2ncnc3c2cnn3C2CCNCC2)c1F. The maximum Gasteiger partial charge on any atom is 0.182 e. The summed E-state index contributed by atoms with van der Waals surface area (Å²) in [7, 11) is 0. The summed E-state index contributed by atoms with van der Waals surface area (Å²) in [6.07, 6.45) is 5.02. The predicted molar refractivity (Wildman–Crippen MR) is 86.1 cm³/mol. The number of nitrogens with zero attached hydrogens (tertiary/aromatic N) is 4. The van der Waals surface area contributed by atoms with Gasteiger partial charge in [0.05, 0.1) is 23.3 Å². The maximum atomic E-state index is 13.9. The minimum Gasteiger partial charge on any atom is -0.337 e. The van der Waals surface area contributed by atoms with Gasteiger partial charge in [-0.1, -0.05) is 6.07 Å². The molecule has 1 aliphatic rings. The molecule has 0 aliphatic carbocycles. The fourth-order valence-corrected chi connectivity index (χ4v) is 3.01. The summed E-state index contributed by atoms with van der Waals surface area (Å²) < 4.78 is 29.1. The summed E-state index contributed by atoms with van der Waals surface area (Å²) in [5, 5.41) is 11.3. The molecule has 3 aromatic rings. The first-order valence-corrected chi connectivity index (χ1v) is 7.84. The molecule has 1 saturated heterocycles. The Morgan fingerprint density at radius 1 is 1.17 bits per heavy atom. The molecule has 1 aromatic carbocycles. The highest BCUT2D eigenvalue weighted by atomic mass is 19.2. The van der Waals surface area contributed by atoms with Gasteiger partial charge in [0.15, 0.2) is 17.3 Å². The van der Waals surface area contributed by atoms with E-state index in [2.05, 4.69) is 25.7 Å². The number of rotatable bonds is 3. The van der Waals surface area contributed by atoms with Gasteiger partial charge in [-0.25, -0.2) is 23.4 Å². The quantitative estimate of drug-likeness (QED) is 0.773. The molecule has 1 aliphatic heterocycles. The summed E-state index contributed by atoms with van der Waals surface area (Å²) in [5.74, 6) is -1.43. The number of benzene rings is 1. The zero-order valence-electron chi connectivity index (χ0n) is 12.8. The Bertz CT molecular complexity index is 872. The molecule has 0 bridgehead atoms. The maximum absolute atomic E-state index is 13.9. The van der Waals surface area contributed by atoms with Crippen LogP contribution in [0.4, 0.5) is 20.3 Å². The lowest BCUT2D eigenvalue weighted by atomic mass is 10.1. The molecule has 0 atom stereocenters. The third kappa shape index (κ3) is 2.58. The van der Waals surface area contributed by atoms with Crippen molar-refractivity contribution in [3.05, 3.63) is 42.4 Å². The molecule has 0 amide bonds. The van der Waals surface area contributed by atoms with Crippen molar-refractivity contribution in [3.63, 3.8) is 0 Å². The van der Waals surface area contributed by atoms with Crippen molar-refractivity contribution in [2.24, 2.45) is 0 Å². The monoisotopic (exact) mass is 330 g/mol. The zero-order chi connectivity index (χ0) is 16.5. The van der Waals surface area contributed by atoms with Crippen LogP contribution in [0.15, 0.2) is 30.7 Å². The molecule has 4 rings (SSSR count). The number of piperidine rings is 1. The van der Waals surface area contributed by atoms with Crippen molar-refractivity contribution in [3.8, 4) is 0 Å². The minimum absolute atomic E-state index is 0.0321. The van der Waals surface area contributed by atoms with E-state index in [1.165, 1.54) is 18.5 Å². The van der Waals surface area contributed by atoms with E-state index in [9.17, 15) is 8.78 Å². The molecule has 6 nitrogen and oxygen atoms in total. The standard InChI is InChI=1S/C16H16F2N6/c17-12-2-1-3-13(14(12)18)23-15-11-8-22-24(16(11)21-9-20-15)10-4-6-19-7-5-10/h1-3,8-10,19H,4-7H2,(H,20,21,23). The number of nitrogens with one attached hydrogen (secondary N) is 2. The van der Waals surface area contributed by atoms with Crippen molar-refractivity contribution < 1.29 is 8.78 Å². The number of halogens is 2. The van der Waals surface area contributed by atoms with E-state index in [4.69, 9.17) is 0 Å². The molecule has 0 unspecified atom stereocenters. The fraction of sp³-hybridized carbons (Fsp3) is 0.312. The summed E-state index contributed by atoms with van der Waals surface area (Å²) in [6, 6.07) is 4.25. The van der Waals surface area contributed by atoms with E-state index in [1.54, 1.807) is 6.20 Å². The summed E-state index contributed by atoms with van der Waals surface area (Å²) in [5.41, 5.74) is 0.723. The summed E-state index contributed by atoms with van der Waals surface area (Å²) in [6.45, 7) is 1.88. The third-order valence-electron chi connectivity index (χ3n) is 4.25. The van der Waals surface area contributed by atoms with E-state index in [-0.39, 0.29) is 11.7 Å². The van der Waals surface area contributed by atoms with Gasteiger partial charge in [-0.2, -0.15) is 5.10 Å². The second-order valence-corrected chi connectivity index (χ2v) is 5.76. The molecule has 3 heterocycles. The number of hydrogen-bond donors (Lipinski definition) is 2. The first-order valence-electron chi connectivity index (χ1n) is 7.84. The largest absolute Gasteiger partial charge is 0.337 e. The van der Waals surface area contributed by atoms with Crippen LogP contribution >= 0.6 is 0 Å². The summed E-state index contributed by atoms with van der Waals surface area (Å²) >= 11 is 0. The average Bonchev–Trinajstić information content (AvgIpc) is 3.05. The smallest absolute Gasteiger partial charge is 0.182 e. The molecule has 1 fully saturated rings. The van der Waals surface area contributed by atoms with Crippen molar-refractivity contribution in [1.82, 2.24) is 25.1 Å². The fourth-order valence-electron chi connectivity index (χ4n) is 3.01. The summed E-state index contributed by atoms with van der Waals surface area (Å²) in [4.78, 5) is 8.47. The van der Waals surface area contributed by atoms with Crippen molar-refractivity contribution in [2.45, 2.75) is 18.9 Å². The van der Waals surface area contributed by atoms with Crippen LogP contribution < -0.4 is 10.6 Å². The van der Waals surface area contributed by atoms with Crippen LogP contribution in [0.3, 0.4) is 0 Å². The third-order valence-corrected chi connectivity index (χ3v) is 4.25. The van der Waals surface area contributed by atoms with Gasteiger partial charge in [0.2, 0.25) is 0 Å². The van der Waals surface area contributed by atoms with Gasteiger partial charge < -0.3 is 10.6 Å². The first-order chi connectivity index (χ1) is 11.7. The Morgan fingerprint density at radius 3 is 2.83 bits per heavy atom. The molecule has 2 N–H and O–H groups in total. The highest BCUT2D eigenvalue weighted by Gasteiger charge is 2.20. The van der Waals surface area contributed by atoms with E-state index in [1.807, 2.05) is 4.68 Å². The average molecular weight is 330 g/mol. The number of fused-ring (bicyclic) bond motifs is 1. The Hall–Kier alpha value is -2.61. The Labute approximate surface area is 136 Å². The van der Waals surface area contributed by atoms with Crippen LogP contribution in [0, 0.1) is 11.6 Å². The molecule has 0 saturated carbocycles. The van der Waals surface area contributed by atoms with E-state index in [0.717, 1.165) is 32.0 Å². The van der Waals surface area contributed by atoms with Gasteiger partial charge in [-0.05, 0) is 38.1 Å². The second kappa shape index (κ2) is 6.12. The van der Waals surface area contributed by atoms with Crippen LogP contribution in [0.5, 0.6) is 0 Å². The second-order valence-electron chi connectivity index (χ2n) is 5.76. The van der Waals surface area contributed by atoms with Gasteiger partial charge in [-0.15, -0.1) is 0 Å². The van der Waals surface area contributed by atoms with Crippen LogP contribution in [-0.2, 0) is 0 Å². The topological polar surface area (TPSA) is 67.7 Å². The van der Waals surface area contributed by atoms with E-state index < -0.39 is 11.6 Å². The minimum atomic E-state index is -0.935. The van der Waals surface area contributed by atoms with Crippen LogP contribution in [0.1, 0.15) is 18.9 Å². The molecular weight excluding hydrogens is 314 g/mol. The van der Waals surface area contributed by atoms with Gasteiger partial charge in [0, 0.05) is 0 Å². The molecule has 24 heavy (non-hydrogen) atoms. The Balaban J connectivity index is 1.72. The van der Waals surface area contributed by atoms with Crippen molar-refractivity contribution in [1.29, 1.82) is 0 Å². The van der Waals surface area contributed by atoms with Crippen LogP contribution in [0.25, 0.3) is 11.0 Å². The normalized spacial score (nSPS) is 15.8. The molecule has 2 aromatic heterocycles. The molecule has 0 radical (unpaired) electrons. The lowest BCUT2D eigenvalue weighted by molar-refractivity contribution is 0.349. The molecule has 0 spiro atoms. The van der Waals surface area contributed by atoms with Crippen LogP contribution in [-0.4, -0.2) is 32.8 Å². The number of anilines is 2. The van der Waals surface area contributed by atoms with Crippen LogP contribution in [0.2, 0.25) is 0 Å². The van der Waals surface area contributed by atoms with Gasteiger partial charge >= 0.3 is 0 Å². The predicted octanol–water partition coefficient (Wildman–Crippen LogP) is 2.77. The molecule has 124 valence electrons. The van der Waals surface area contributed by atoms with Gasteiger partial charge in [-0.3, -0.25) is 0 Å². The number of hydrogen-bond acceptors (Lipinski definition) is 5. The highest BCUT2D eigenvalue weighted by Crippen LogP contribution is 2.28. The first kappa shape index (κ1) is 14.9. The lowest BCUT2D eigenvalue weighted by Crippen LogP contribution is -2.29. The van der Waals surface area contributed by atoms with Crippen molar-refractivity contribution >= 4 is 22.5 Å². The van der Waals surface area contributed by atoms with Crippen molar-refractivity contribution in [2.75, 3.05) is 18.4 Å². The molecular formula is C16H16F2N6. The highest BCUT2D eigenvalue weighted by molar-refractivity contribution is 5.88. The Morgan fingerprint density at radius 2 is 2.00 bits per heavy atom. The zero-order valence-corrected chi connectivity index (χ0v) is 12.8.